The Labute approximate surface area is 77.9 Å². The molecule has 4 atom stereocenters. The van der Waals surface area contributed by atoms with E-state index in [2.05, 4.69) is 0 Å². The van der Waals surface area contributed by atoms with Crippen molar-refractivity contribution in [2.24, 2.45) is 0 Å². The number of methoxy groups -OCH3 is 1. The Balaban J connectivity index is 2.66. The smallest absolute Gasteiger partial charge is 0.184 e. The molecule has 0 saturated carbocycles. The van der Waals surface area contributed by atoms with Gasteiger partial charge in [-0.25, -0.2) is 0 Å². The summed E-state index contributed by atoms with van der Waals surface area (Å²) in [6.45, 7) is 0.193. The first-order chi connectivity index (χ1) is 6.07. The van der Waals surface area contributed by atoms with Crippen LogP contribution >= 0.6 is 0 Å². The minimum absolute atomic E-state index is 0.193. The summed E-state index contributed by atoms with van der Waals surface area (Å²) in [6.07, 6.45) is -2.13. The van der Waals surface area contributed by atoms with Crippen LogP contribution in [0.5, 0.6) is 0 Å². The zero-order chi connectivity index (χ0) is 10.0. The highest BCUT2D eigenvalue weighted by Gasteiger charge is 2.39. The fraction of sp³-hybridized carbons (Fsp3) is 1.00. The van der Waals surface area contributed by atoms with Crippen molar-refractivity contribution in [3.05, 3.63) is 0 Å². The number of hydrogen-bond donors (Lipinski definition) is 2. The lowest BCUT2D eigenvalue weighted by molar-refractivity contribution is -0.247. The van der Waals surface area contributed by atoms with Gasteiger partial charge < -0.3 is 24.6 Å². The molecular formula is C8H17NO4. The van der Waals surface area contributed by atoms with Gasteiger partial charge in [-0.1, -0.05) is 0 Å². The summed E-state index contributed by atoms with van der Waals surface area (Å²) in [4.78, 5) is 1.77. The summed E-state index contributed by atoms with van der Waals surface area (Å²) in [5.41, 5.74) is 0. The van der Waals surface area contributed by atoms with Crippen LogP contribution in [0.25, 0.3) is 0 Å². The number of rotatable bonds is 2. The van der Waals surface area contributed by atoms with Crippen LogP contribution in [0, 0.1) is 0 Å². The Morgan fingerprint density at radius 2 is 2.00 bits per heavy atom. The lowest BCUT2D eigenvalue weighted by Gasteiger charge is -2.40. The van der Waals surface area contributed by atoms with Gasteiger partial charge in [0.1, 0.15) is 6.10 Å². The van der Waals surface area contributed by atoms with Crippen molar-refractivity contribution in [2.45, 2.75) is 24.5 Å². The average Bonchev–Trinajstić information content (AvgIpc) is 2.04. The summed E-state index contributed by atoms with van der Waals surface area (Å²) in [5, 5.41) is 19.3. The molecule has 0 bridgehead atoms. The quantitative estimate of drug-likeness (QED) is 0.564. The van der Waals surface area contributed by atoms with Crippen molar-refractivity contribution >= 4 is 0 Å². The molecule has 0 aromatic heterocycles. The largest absolute Gasteiger partial charge is 0.389 e. The van der Waals surface area contributed by atoms with Gasteiger partial charge in [0, 0.05) is 7.11 Å². The van der Waals surface area contributed by atoms with Gasteiger partial charge in [0.25, 0.3) is 0 Å². The summed E-state index contributed by atoms with van der Waals surface area (Å²) in [7, 11) is 5.07. The second kappa shape index (κ2) is 4.34. The molecule has 13 heavy (non-hydrogen) atoms. The molecule has 0 spiro atoms. The van der Waals surface area contributed by atoms with E-state index >= 15 is 0 Å². The molecule has 1 saturated heterocycles. The lowest BCUT2D eigenvalue weighted by atomic mass is 10.0. The molecule has 0 aromatic rings. The Kier molecular flexibility index (Phi) is 3.63. The highest BCUT2D eigenvalue weighted by atomic mass is 16.7. The maximum absolute atomic E-state index is 9.72. The molecule has 1 aliphatic rings. The van der Waals surface area contributed by atoms with Crippen LogP contribution in [0.4, 0.5) is 0 Å². The number of ether oxygens (including phenoxy) is 2. The Bertz CT molecular complexity index is 164. The van der Waals surface area contributed by atoms with Gasteiger partial charge in [0.2, 0.25) is 0 Å². The topological polar surface area (TPSA) is 62.2 Å². The molecule has 1 aliphatic heterocycles. The fourth-order valence-corrected chi connectivity index (χ4v) is 1.64. The van der Waals surface area contributed by atoms with Crippen molar-refractivity contribution in [2.75, 3.05) is 27.8 Å². The zero-order valence-electron chi connectivity index (χ0n) is 8.17. The standard InChI is InChI=1S/C8H17NO4/c1-9(2)6-5(10)4-13-8(12-3)7(6)11/h5-8,10-11H,4H2,1-3H3/t5-,6+,7-,8+/m1/s1. The van der Waals surface area contributed by atoms with Crippen LogP contribution in [0.1, 0.15) is 0 Å². The molecule has 1 fully saturated rings. The van der Waals surface area contributed by atoms with E-state index in [0.717, 1.165) is 0 Å². The molecule has 0 unspecified atom stereocenters. The van der Waals surface area contributed by atoms with E-state index < -0.39 is 18.5 Å². The van der Waals surface area contributed by atoms with Gasteiger partial charge in [-0.2, -0.15) is 0 Å². The van der Waals surface area contributed by atoms with Crippen molar-refractivity contribution < 1.29 is 19.7 Å². The number of likely N-dealkylation sites (N-methyl/N-ethyl adjacent to an activating group) is 1. The Hall–Kier alpha value is -0.200. The summed E-state index contributed by atoms with van der Waals surface area (Å²) in [6, 6.07) is -0.335. The minimum Gasteiger partial charge on any atom is -0.389 e. The number of hydrogen-bond acceptors (Lipinski definition) is 5. The predicted octanol–water partition coefficient (Wildman–Crippen LogP) is -1.36. The molecule has 1 rings (SSSR count). The molecule has 78 valence electrons. The van der Waals surface area contributed by atoms with Gasteiger partial charge >= 0.3 is 0 Å². The number of aliphatic hydroxyl groups excluding tert-OH is 2. The van der Waals surface area contributed by atoms with Crippen molar-refractivity contribution in [1.29, 1.82) is 0 Å². The van der Waals surface area contributed by atoms with Crippen molar-refractivity contribution in [3.8, 4) is 0 Å². The molecule has 0 aliphatic carbocycles. The van der Waals surface area contributed by atoms with E-state index in [1.165, 1.54) is 7.11 Å². The normalized spacial score (nSPS) is 41.1. The summed E-state index contributed by atoms with van der Waals surface area (Å²) < 4.78 is 10.0. The van der Waals surface area contributed by atoms with Gasteiger partial charge in [-0.15, -0.1) is 0 Å². The van der Waals surface area contributed by atoms with E-state index in [-0.39, 0.29) is 12.6 Å². The van der Waals surface area contributed by atoms with E-state index in [9.17, 15) is 10.2 Å². The van der Waals surface area contributed by atoms with Gasteiger partial charge in [0.05, 0.1) is 18.8 Å². The molecular weight excluding hydrogens is 174 g/mol. The maximum atomic E-state index is 9.72. The first-order valence-electron chi connectivity index (χ1n) is 4.25. The van der Waals surface area contributed by atoms with E-state index in [0.29, 0.717) is 0 Å². The molecule has 2 N–H and O–H groups in total. The third-order valence-corrected chi connectivity index (χ3v) is 2.28. The van der Waals surface area contributed by atoms with Crippen LogP contribution in [-0.4, -0.2) is 67.5 Å². The highest BCUT2D eigenvalue weighted by Crippen LogP contribution is 2.19. The zero-order valence-corrected chi connectivity index (χ0v) is 8.17. The van der Waals surface area contributed by atoms with Gasteiger partial charge in [-0.3, -0.25) is 0 Å². The third-order valence-electron chi connectivity index (χ3n) is 2.28. The fourth-order valence-electron chi connectivity index (χ4n) is 1.64. The molecule has 0 amide bonds. The molecule has 0 radical (unpaired) electrons. The SMILES string of the molecule is CO[C@H]1OC[C@@H](O)[C@H](N(C)C)[C@H]1O. The van der Waals surface area contributed by atoms with E-state index in [1.807, 2.05) is 0 Å². The second-order valence-electron chi connectivity index (χ2n) is 3.45. The molecule has 5 heteroatoms. The van der Waals surface area contributed by atoms with Gasteiger partial charge in [0.15, 0.2) is 6.29 Å². The highest BCUT2D eigenvalue weighted by molar-refractivity contribution is 4.88. The van der Waals surface area contributed by atoms with Crippen molar-refractivity contribution in [1.82, 2.24) is 4.90 Å². The molecule has 1 heterocycles. The van der Waals surface area contributed by atoms with Crippen LogP contribution in [0.2, 0.25) is 0 Å². The third kappa shape index (κ3) is 2.18. The second-order valence-corrected chi connectivity index (χ2v) is 3.45. The Morgan fingerprint density at radius 1 is 1.38 bits per heavy atom. The Morgan fingerprint density at radius 3 is 2.46 bits per heavy atom. The van der Waals surface area contributed by atoms with Crippen LogP contribution < -0.4 is 0 Å². The average molecular weight is 191 g/mol. The maximum Gasteiger partial charge on any atom is 0.184 e. The van der Waals surface area contributed by atoms with Crippen LogP contribution in [0.3, 0.4) is 0 Å². The van der Waals surface area contributed by atoms with E-state index in [4.69, 9.17) is 9.47 Å². The predicted molar refractivity (Wildman–Crippen MR) is 46.2 cm³/mol. The number of aliphatic hydroxyl groups is 2. The lowest BCUT2D eigenvalue weighted by Crippen LogP contribution is -2.59. The first kappa shape index (κ1) is 10.9. The number of nitrogens with zero attached hydrogens (tertiary/aromatic N) is 1. The van der Waals surface area contributed by atoms with Gasteiger partial charge in [-0.05, 0) is 14.1 Å². The summed E-state index contributed by atoms with van der Waals surface area (Å²) in [5.74, 6) is 0. The monoisotopic (exact) mass is 191 g/mol. The van der Waals surface area contributed by atoms with Crippen molar-refractivity contribution in [3.63, 3.8) is 0 Å². The van der Waals surface area contributed by atoms with Crippen LogP contribution in [0.15, 0.2) is 0 Å². The minimum atomic E-state index is -0.816. The van der Waals surface area contributed by atoms with Crippen LogP contribution in [-0.2, 0) is 9.47 Å². The molecule has 0 aromatic carbocycles. The molecule has 5 nitrogen and oxygen atoms in total. The summed E-state index contributed by atoms with van der Waals surface area (Å²) >= 11 is 0. The van der Waals surface area contributed by atoms with E-state index in [1.54, 1.807) is 19.0 Å². The first-order valence-corrected chi connectivity index (χ1v) is 4.25.